The summed E-state index contributed by atoms with van der Waals surface area (Å²) >= 11 is 11.7. The monoisotopic (exact) mass is 314 g/mol. The molecule has 0 unspecified atom stereocenters. The second-order valence-corrected chi connectivity index (χ2v) is 4.79. The van der Waals surface area contributed by atoms with Crippen molar-refractivity contribution in [1.29, 1.82) is 0 Å². The first-order valence-corrected chi connectivity index (χ1v) is 6.32. The van der Waals surface area contributed by atoms with Crippen molar-refractivity contribution in [2.75, 3.05) is 0 Å². The number of ether oxygens (including phenoxy) is 1. The minimum atomic E-state index is -1.15. The van der Waals surface area contributed by atoms with Gasteiger partial charge in [-0.3, -0.25) is 0 Å². The molecule has 0 heterocycles. The molecule has 2 aromatic carbocycles. The summed E-state index contributed by atoms with van der Waals surface area (Å²) in [5, 5.41) is 9.44. The van der Waals surface area contributed by atoms with Gasteiger partial charge in [0.05, 0.1) is 10.6 Å². The molecule has 2 aromatic rings. The molecule has 0 spiro atoms. The number of halogens is 3. The molecular formula is C14H9Cl2FO3. The predicted molar refractivity (Wildman–Crippen MR) is 74.2 cm³/mol. The third kappa shape index (κ3) is 3.40. The van der Waals surface area contributed by atoms with E-state index in [1.54, 1.807) is 0 Å². The Hall–Kier alpha value is -1.78. The lowest BCUT2D eigenvalue weighted by atomic mass is 10.2. The third-order valence-electron chi connectivity index (χ3n) is 2.57. The second-order valence-electron chi connectivity index (χ2n) is 3.97. The highest BCUT2D eigenvalue weighted by Gasteiger charge is 2.10. The van der Waals surface area contributed by atoms with Crippen LogP contribution in [0.4, 0.5) is 4.39 Å². The summed E-state index contributed by atoms with van der Waals surface area (Å²) in [6, 6.07) is 8.19. The number of carbonyl (C=O) groups is 1. The number of carboxylic acids is 1. The van der Waals surface area contributed by atoms with E-state index in [9.17, 15) is 9.18 Å². The number of carboxylic acid groups (broad SMARTS) is 1. The first-order chi connectivity index (χ1) is 9.47. The summed E-state index contributed by atoms with van der Waals surface area (Å²) in [7, 11) is 0. The van der Waals surface area contributed by atoms with Crippen molar-refractivity contribution in [2.24, 2.45) is 0 Å². The van der Waals surface area contributed by atoms with Gasteiger partial charge < -0.3 is 9.84 Å². The molecule has 104 valence electrons. The highest BCUT2D eigenvalue weighted by Crippen LogP contribution is 2.24. The number of aromatic carboxylic acids is 1. The summed E-state index contributed by atoms with van der Waals surface area (Å²) < 4.78 is 18.5. The molecule has 0 radical (unpaired) electrons. The van der Waals surface area contributed by atoms with E-state index in [-0.39, 0.29) is 17.2 Å². The normalized spacial score (nSPS) is 10.3. The molecule has 0 saturated heterocycles. The quantitative estimate of drug-likeness (QED) is 0.909. The van der Waals surface area contributed by atoms with Gasteiger partial charge in [0.2, 0.25) is 0 Å². The van der Waals surface area contributed by atoms with Gasteiger partial charge in [0.1, 0.15) is 18.2 Å². The molecule has 6 heteroatoms. The number of hydrogen-bond donors (Lipinski definition) is 1. The van der Waals surface area contributed by atoms with Crippen molar-refractivity contribution in [3.8, 4) is 5.75 Å². The van der Waals surface area contributed by atoms with E-state index in [1.807, 2.05) is 0 Å². The van der Waals surface area contributed by atoms with E-state index in [0.29, 0.717) is 16.3 Å². The molecule has 0 fully saturated rings. The molecule has 0 amide bonds. The average molecular weight is 315 g/mol. The maximum absolute atomic E-state index is 13.1. The predicted octanol–water partition coefficient (Wildman–Crippen LogP) is 4.41. The van der Waals surface area contributed by atoms with Crippen LogP contribution in [-0.2, 0) is 6.61 Å². The van der Waals surface area contributed by atoms with E-state index in [1.165, 1.54) is 36.4 Å². The molecular weight excluding hydrogens is 306 g/mol. The Balaban J connectivity index is 2.17. The van der Waals surface area contributed by atoms with E-state index in [2.05, 4.69) is 0 Å². The Morgan fingerprint density at radius 3 is 2.55 bits per heavy atom. The van der Waals surface area contributed by atoms with Gasteiger partial charge in [-0.15, -0.1) is 0 Å². The molecule has 2 rings (SSSR count). The van der Waals surface area contributed by atoms with Crippen LogP contribution in [0.25, 0.3) is 0 Å². The van der Waals surface area contributed by atoms with Crippen LogP contribution in [0.2, 0.25) is 10.0 Å². The Morgan fingerprint density at radius 2 is 1.85 bits per heavy atom. The lowest BCUT2D eigenvalue weighted by molar-refractivity contribution is 0.0696. The Kier molecular flexibility index (Phi) is 4.47. The summed E-state index contributed by atoms with van der Waals surface area (Å²) in [6.45, 7) is 0.0251. The van der Waals surface area contributed by atoms with Gasteiger partial charge in [-0.1, -0.05) is 23.2 Å². The molecule has 0 aliphatic rings. The summed E-state index contributed by atoms with van der Waals surface area (Å²) in [5.41, 5.74) is 0.410. The molecule has 1 N–H and O–H groups in total. The van der Waals surface area contributed by atoms with Crippen LogP contribution in [-0.4, -0.2) is 11.1 Å². The largest absolute Gasteiger partial charge is 0.489 e. The van der Waals surface area contributed by atoms with Crippen LogP contribution >= 0.6 is 23.2 Å². The summed E-state index contributed by atoms with van der Waals surface area (Å²) in [5.74, 6) is -1.26. The molecule has 20 heavy (non-hydrogen) atoms. The molecule has 0 aliphatic carbocycles. The smallest absolute Gasteiger partial charge is 0.337 e. The number of benzene rings is 2. The topological polar surface area (TPSA) is 46.5 Å². The standard InChI is InChI=1S/C14H9Cl2FO3/c15-12-3-1-9(17)5-8(12)7-20-10-2-4-13(16)11(6-10)14(18)19/h1-6H,7H2,(H,18,19). The van der Waals surface area contributed by atoms with E-state index >= 15 is 0 Å². The van der Waals surface area contributed by atoms with Crippen molar-refractivity contribution in [3.63, 3.8) is 0 Å². The Morgan fingerprint density at radius 1 is 1.15 bits per heavy atom. The molecule has 0 aliphatic heterocycles. The van der Waals surface area contributed by atoms with Gasteiger partial charge in [0.15, 0.2) is 0 Å². The van der Waals surface area contributed by atoms with Crippen LogP contribution in [0.3, 0.4) is 0 Å². The van der Waals surface area contributed by atoms with Crippen molar-refractivity contribution in [1.82, 2.24) is 0 Å². The first kappa shape index (κ1) is 14.6. The maximum Gasteiger partial charge on any atom is 0.337 e. The lowest BCUT2D eigenvalue weighted by Crippen LogP contribution is -2.01. The molecule has 0 bridgehead atoms. The SMILES string of the molecule is O=C(O)c1cc(OCc2cc(F)ccc2Cl)ccc1Cl. The van der Waals surface area contributed by atoms with Crippen LogP contribution in [0.15, 0.2) is 36.4 Å². The fourth-order valence-electron chi connectivity index (χ4n) is 1.57. The zero-order valence-corrected chi connectivity index (χ0v) is 11.6. The van der Waals surface area contributed by atoms with Crippen molar-refractivity contribution in [2.45, 2.75) is 6.61 Å². The minimum absolute atomic E-state index is 0.0251. The molecule has 0 aromatic heterocycles. The third-order valence-corrected chi connectivity index (χ3v) is 3.27. The van der Waals surface area contributed by atoms with Gasteiger partial charge in [-0.05, 0) is 36.4 Å². The average Bonchev–Trinajstić information content (AvgIpc) is 2.41. The van der Waals surface area contributed by atoms with Crippen LogP contribution in [0, 0.1) is 5.82 Å². The zero-order valence-electron chi connectivity index (χ0n) is 10.1. The summed E-state index contributed by atoms with van der Waals surface area (Å²) in [6.07, 6.45) is 0. The van der Waals surface area contributed by atoms with E-state index < -0.39 is 11.8 Å². The maximum atomic E-state index is 13.1. The molecule has 0 saturated carbocycles. The Labute approximate surface area is 124 Å². The van der Waals surface area contributed by atoms with E-state index in [4.69, 9.17) is 33.0 Å². The number of hydrogen-bond acceptors (Lipinski definition) is 2. The molecule has 0 atom stereocenters. The number of rotatable bonds is 4. The van der Waals surface area contributed by atoms with E-state index in [0.717, 1.165) is 0 Å². The highest BCUT2D eigenvalue weighted by molar-refractivity contribution is 6.33. The van der Waals surface area contributed by atoms with Crippen molar-refractivity contribution < 1.29 is 19.0 Å². The van der Waals surface area contributed by atoms with Crippen molar-refractivity contribution in [3.05, 3.63) is 63.4 Å². The fourth-order valence-corrected chi connectivity index (χ4v) is 1.94. The highest BCUT2D eigenvalue weighted by atomic mass is 35.5. The first-order valence-electron chi connectivity index (χ1n) is 5.57. The van der Waals surface area contributed by atoms with Crippen LogP contribution in [0.1, 0.15) is 15.9 Å². The van der Waals surface area contributed by atoms with Gasteiger partial charge in [0.25, 0.3) is 0 Å². The van der Waals surface area contributed by atoms with Gasteiger partial charge >= 0.3 is 5.97 Å². The van der Waals surface area contributed by atoms with Crippen LogP contribution in [0.5, 0.6) is 5.75 Å². The second kappa shape index (κ2) is 6.11. The van der Waals surface area contributed by atoms with Gasteiger partial charge in [-0.25, -0.2) is 9.18 Å². The summed E-state index contributed by atoms with van der Waals surface area (Å²) in [4.78, 5) is 10.9. The Bertz CT molecular complexity index is 659. The zero-order chi connectivity index (χ0) is 14.7. The minimum Gasteiger partial charge on any atom is -0.489 e. The molecule has 3 nitrogen and oxygen atoms in total. The van der Waals surface area contributed by atoms with Gasteiger partial charge in [0, 0.05) is 10.6 Å². The van der Waals surface area contributed by atoms with Gasteiger partial charge in [-0.2, -0.15) is 0 Å². The fraction of sp³-hybridized carbons (Fsp3) is 0.0714. The van der Waals surface area contributed by atoms with Crippen molar-refractivity contribution >= 4 is 29.2 Å². The lowest BCUT2D eigenvalue weighted by Gasteiger charge is -2.09. The van der Waals surface area contributed by atoms with Crippen LogP contribution < -0.4 is 4.74 Å².